The predicted octanol–water partition coefficient (Wildman–Crippen LogP) is 1.48. The molecule has 2 N–H and O–H groups in total. The number of hydrogen-bond acceptors (Lipinski definition) is 3. The molecule has 0 fully saturated rings. The molecule has 2 amide bonds. The van der Waals surface area contributed by atoms with Gasteiger partial charge in [0.2, 0.25) is 12.3 Å². The van der Waals surface area contributed by atoms with Crippen LogP contribution in [-0.2, 0) is 20.9 Å². The van der Waals surface area contributed by atoms with Crippen LogP contribution < -0.4 is 10.6 Å². The third kappa shape index (κ3) is 6.90. The number of carbonyl (C=O) groups is 2. The summed E-state index contributed by atoms with van der Waals surface area (Å²) in [5.74, 6) is 0.200. The van der Waals surface area contributed by atoms with E-state index in [4.69, 9.17) is 4.74 Å². The molecule has 0 saturated carbocycles. The number of benzene rings is 1. The molecule has 0 saturated heterocycles. The molecule has 116 valence electrons. The Balaban J connectivity index is 2.38. The van der Waals surface area contributed by atoms with E-state index in [1.54, 1.807) is 0 Å². The van der Waals surface area contributed by atoms with Crippen molar-refractivity contribution >= 4 is 12.3 Å². The van der Waals surface area contributed by atoms with Crippen LogP contribution in [0.2, 0.25) is 0 Å². The lowest BCUT2D eigenvalue weighted by molar-refractivity contribution is -0.127. The number of nitrogens with one attached hydrogen (secondary N) is 2. The minimum Gasteiger partial charge on any atom is -0.374 e. The van der Waals surface area contributed by atoms with Gasteiger partial charge in [0.25, 0.3) is 0 Å². The van der Waals surface area contributed by atoms with E-state index in [-0.39, 0.29) is 12.5 Å². The van der Waals surface area contributed by atoms with Crippen molar-refractivity contribution in [2.24, 2.45) is 5.92 Å². The molecule has 1 rings (SSSR count). The van der Waals surface area contributed by atoms with Crippen LogP contribution in [0, 0.1) is 5.92 Å². The highest BCUT2D eigenvalue weighted by atomic mass is 16.5. The maximum atomic E-state index is 12.0. The summed E-state index contributed by atoms with van der Waals surface area (Å²) >= 11 is 0. The monoisotopic (exact) mass is 292 g/mol. The van der Waals surface area contributed by atoms with Crippen molar-refractivity contribution in [3.05, 3.63) is 35.9 Å². The average molecular weight is 292 g/mol. The predicted molar refractivity (Wildman–Crippen MR) is 81.6 cm³/mol. The van der Waals surface area contributed by atoms with Crippen LogP contribution in [0.25, 0.3) is 0 Å². The molecule has 0 bridgehead atoms. The second-order valence-corrected chi connectivity index (χ2v) is 5.10. The molecule has 2 atom stereocenters. The minimum absolute atomic E-state index is 0.153. The minimum atomic E-state index is -0.657. The van der Waals surface area contributed by atoms with Gasteiger partial charge in [-0.15, -0.1) is 0 Å². The van der Waals surface area contributed by atoms with Gasteiger partial charge in [-0.1, -0.05) is 50.6 Å². The Morgan fingerprint density at radius 1 is 1.33 bits per heavy atom. The summed E-state index contributed by atoms with van der Waals surface area (Å²) in [5, 5.41) is 5.32. The summed E-state index contributed by atoms with van der Waals surface area (Å²) in [5.41, 5.74) is 1.03. The third-order valence-electron chi connectivity index (χ3n) is 3.30. The van der Waals surface area contributed by atoms with Crippen molar-refractivity contribution in [1.82, 2.24) is 10.6 Å². The van der Waals surface area contributed by atoms with Gasteiger partial charge >= 0.3 is 0 Å². The van der Waals surface area contributed by atoms with Crippen molar-refractivity contribution in [3.8, 4) is 0 Å². The van der Waals surface area contributed by atoms with Gasteiger partial charge in [-0.3, -0.25) is 9.59 Å². The van der Waals surface area contributed by atoms with Crippen LogP contribution in [0.3, 0.4) is 0 Å². The SMILES string of the molecule is CCC(C)CNC(=O)C(COCc1ccccc1)NC=O. The molecule has 5 heteroatoms. The lowest BCUT2D eigenvalue weighted by Crippen LogP contribution is -2.47. The Kier molecular flexibility index (Phi) is 8.12. The summed E-state index contributed by atoms with van der Waals surface area (Å²) in [6.45, 7) is 5.30. The molecule has 21 heavy (non-hydrogen) atoms. The first-order chi connectivity index (χ1) is 10.2. The van der Waals surface area contributed by atoms with Crippen LogP contribution in [0.5, 0.6) is 0 Å². The Morgan fingerprint density at radius 2 is 2.05 bits per heavy atom. The van der Waals surface area contributed by atoms with Crippen molar-refractivity contribution in [2.75, 3.05) is 13.2 Å². The van der Waals surface area contributed by atoms with E-state index in [0.29, 0.717) is 25.5 Å². The maximum absolute atomic E-state index is 12.0. The van der Waals surface area contributed by atoms with Crippen LogP contribution >= 0.6 is 0 Å². The van der Waals surface area contributed by atoms with Gasteiger partial charge < -0.3 is 15.4 Å². The largest absolute Gasteiger partial charge is 0.374 e. The molecule has 0 heterocycles. The topological polar surface area (TPSA) is 67.4 Å². The molecule has 0 aliphatic carbocycles. The molecule has 0 spiro atoms. The van der Waals surface area contributed by atoms with E-state index in [9.17, 15) is 9.59 Å². The molecule has 0 aliphatic heterocycles. The number of carbonyl (C=O) groups excluding carboxylic acids is 2. The van der Waals surface area contributed by atoms with E-state index >= 15 is 0 Å². The van der Waals surface area contributed by atoms with Gasteiger partial charge in [0, 0.05) is 6.54 Å². The van der Waals surface area contributed by atoms with Crippen molar-refractivity contribution in [1.29, 1.82) is 0 Å². The van der Waals surface area contributed by atoms with Crippen LogP contribution in [0.1, 0.15) is 25.8 Å². The molecule has 2 unspecified atom stereocenters. The van der Waals surface area contributed by atoms with Gasteiger partial charge in [-0.05, 0) is 11.5 Å². The summed E-state index contributed by atoms with van der Waals surface area (Å²) < 4.78 is 5.51. The van der Waals surface area contributed by atoms with Gasteiger partial charge in [0.05, 0.1) is 13.2 Å². The normalized spacial score (nSPS) is 13.2. The lowest BCUT2D eigenvalue weighted by Gasteiger charge is -2.17. The molecule has 0 radical (unpaired) electrons. The van der Waals surface area contributed by atoms with Gasteiger partial charge in [0.15, 0.2) is 0 Å². The fourth-order valence-corrected chi connectivity index (χ4v) is 1.69. The fourth-order valence-electron chi connectivity index (χ4n) is 1.69. The van der Waals surface area contributed by atoms with Crippen LogP contribution in [0.15, 0.2) is 30.3 Å². The average Bonchev–Trinajstić information content (AvgIpc) is 2.52. The van der Waals surface area contributed by atoms with Crippen molar-refractivity contribution in [3.63, 3.8) is 0 Å². The van der Waals surface area contributed by atoms with Gasteiger partial charge in [0.1, 0.15) is 6.04 Å². The number of hydrogen-bond donors (Lipinski definition) is 2. The van der Waals surface area contributed by atoms with Gasteiger partial charge in [-0.2, -0.15) is 0 Å². The number of ether oxygens (including phenoxy) is 1. The summed E-state index contributed by atoms with van der Waals surface area (Å²) in [6, 6.07) is 9.03. The van der Waals surface area contributed by atoms with E-state index in [1.807, 2.05) is 30.3 Å². The van der Waals surface area contributed by atoms with E-state index in [2.05, 4.69) is 24.5 Å². The quantitative estimate of drug-likeness (QED) is 0.642. The zero-order valence-electron chi connectivity index (χ0n) is 12.7. The van der Waals surface area contributed by atoms with E-state index in [1.165, 1.54) is 0 Å². The molecule has 0 aromatic heterocycles. The third-order valence-corrected chi connectivity index (χ3v) is 3.30. The highest BCUT2D eigenvalue weighted by molar-refractivity contribution is 5.83. The molecule has 0 aliphatic rings. The smallest absolute Gasteiger partial charge is 0.244 e. The molecular formula is C16H24N2O3. The standard InChI is InChI=1S/C16H24N2O3/c1-3-13(2)9-17-16(20)15(18-12-19)11-21-10-14-7-5-4-6-8-14/h4-8,12-13,15H,3,9-11H2,1-2H3,(H,17,20)(H,18,19). The summed E-state index contributed by atoms with van der Waals surface area (Å²) in [6.07, 6.45) is 1.52. The zero-order valence-corrected chi connectivity index (χ0v) is 12.7. The zero-order chi connectivity index (χ0) is 15.5. The molecule has 1 aromatic carbocycles. The first-order valence-electron chi connectivity index (χ1n) is 7.26. The van der Waals surface area contributed by atoms with Crippen molar-refractivity contribution in [2.45, 2.75) is 32.9 Å². The van der Waals surface area contributed by atoms with Gasteiger partial charge in [-0.25, -0.2) is 0 Å². The first-order valence-corrected chi connectivity index (χ1v) is 7.26. The van der Waals surface area contributed by atoms with E-state index in [0.717, 1.165) is 12.0 Å². The second kappa shape index (κ2) is 9.94. The fraction of sp³-hybridized carbons (Fsp3) is 0.500. The van der Waals surface area contributed by atoms with Crippen LogP contribution in [-0.4, -0.2) is 31.5 Å². The number of amides is 2. The first kappa shape index (κ1) is 17.2. The highest BCUT2D eigenvalue weighted by Gasteiger charge is 2.18. The molecule has 5 nitrogen and oxygen atoms in total. The summed E-state index contributed by atoms with van der Waals surface area (Å²) in [4.78, 5) is 22.6. The molecule has 1 aromatic rings. The summed E-state index contributed by atoms with van der Waals surface area (Å²) in [7, 11) is 0. The van der Waals surface area contributed by atoms with Crippen molar-refractivity contribution < 1.29 is 14.3 Å². The van der Waals surface area contributed by atoms with E-state index < -0.39 is 6.04 Å². The Bertz CT molecular complexity index is 423. The Morgan fingerprint density at radius 3 is 2.67 bits per heavy atom. The number of rotatable bonds is 10. The highest BCUT2D eigenvalue weighted by Crippen LogP contribution is 2.01. The lowest BCUT2D eigenvalue weighted by atomic mass is 10.1. The molecular weight excluding hydrogens is 268 g/mol. The maximum Gasteiger partial charge on any atom is 0.244 e. The Hall–Kier alpha value is -1.88. The van der Waals surface area contributed by atoms with Crippen LogP contribution in [0.4, 0.5) is 0 Å². The second-order valence-electron chi connectivity index (χ2n) is 5.10. The Labute approximate surface area is 126 Å².